The van der Waals surface area contributed by atoms with Crippen molar-refractivity contribution in [2.24, 2.45) is 4.99 Å². The Morgan fingerprint density at radius 1 is 1.32 bits per heavy atom. The van der Waals surface area contributed by atoms with Crippen LogP contribution in [0.25, 0.3) is 5.69 Å². The number of rotatable bonds is 4. The van der Waals surface area contributed by atoms with Gasteiger partial charge in [-0.3, -0.25) is 4.99 Å². The highest BCUT2D eigenvalue weighted by Gasteiger charge is 2.14. The molecule has 2 aromatic rings. The summed E-state index contributed by atoms with van der Waals surface area (Å²) in [6, 6.07) is 5.73. The normalized spacial score (nSPS) is 15.5. The van der Waals surface area contributed by atoms with Gasteiger partial charge in [-0.15, -0.1) is 24.0 Å². The molecule has 0 bridgehead atoms. The average Bonchev–Trinajstić information content (AvgIpc) is 3.14. The molecule has 0 amide bonds. The zero-order chi connectivity index (χ0) is 16.8. The van der Waals surface area contributed by atoms with E-state index in [1.807, 2.05) is 6.07 Å². The van der Waals surface area contributed by atoms with Gasteiger partial charge in [0.15, 0.2) is 5.96 Å². The fourth-order valence-corrected chi connectivity index (χ4v) is 3.09. The lowest BCUT2D eigenvalue weighted by molar-refractivity contribution is 0.410. The summed E-state index contributed by atoms with van der Waals surface area (Å²) >= 11 is 0. The number of hydrogen-bond acceptors (Lipinski definition) is 2. The maximum absolute atomic E-state index is 14.3. The molecule has 0 atom stereocenters. The third-order valence-corrected chi connectivity index (χ3v) is 4.42. The maximum atomic E-state index is 14.3. The van der Waals surface area contributed by atoms with Crippen molar-refractivity contribution in [2.75, 3.05) is 7.05 Å². The Morgan fingerprint density at radius 3 is 2.76 bits per heavy atom. The van der Waals surface area contributed by atoms with Crippen molar-refractivity contribution in [3.05, 3.63) is 48.3 Å². The van der Waals surface area contributed by atoms with Crippen molar-refractivity contribution >= 4 is 29.9 Å². The first kappa shape index (κ1) is 19.7. The molecule has 1 aliphatic rings. The lowest BCUT2D eigenvalue weighted by Gasteiger charge is -2.24. The van der Waals surface area contributed by atoms with Crippen LogP contribution in [-0.4, -0.2) is 28.6 Å². The molecule has 136 valence electrons. The highest BCUT2D eigenvalue weighted by Crippen LogP contribution is 2.17. The summed E-state index contributed by atoms with van der Waals surface area (Å²) in [5, 5.41) is 6.72. The summed E-state index contributed by atoms with van der Waals surface area (Å²) in [6.45, 7) is 0.535. The molecule has 7 heteroatoms. The van der Waals surface area contributed by atoms with Gasteiger partial charge < -0.3 is 15.2 Å². The first-order valence-corrected chi connectivity index (χ1v) is 8.50. The number of guanidine groups is 1. The monoisotopic (exact) mass is 457 g/mol. The van der Waals surface area contributed by atoms with Crippen LogP contribution in [0.3, 0.4) is 0 Å². The van der Waals surface area contributed by atoms with E-state index < -0.39 is 0 Å². The quantitative estimate of drug-likeness (QED) is 0.419. The smallest absolute Gasteiger partial charge is 0.191 e. The molecule has 5 nitrogen and oxygen atoms in total. The molecule has 2 N–H and O–H groups in total. The number of aliphatic imine (C=N–C) groups is 1. The molecule has 0 spiro atoms. The number of aromatic nitrogens is 2. The molecule has 1 aromatic heterocycles. The zero-order valence-electron chi connectivity index (χ0n) is 14.4. The van der Waals surface area contributed by atoms with Crippen molar-refractivity contribution in [3.8, 4) is 5.69 Å². The van der Waals surface area contributed by atoms with Crippen molar-refractivity contribution < 1.29 is 4.39 Å². The van der Waals surface area contributed by atoms with Gasteiger partial charge >= 0.3 is 0 Å². The fourth-order valence-electron chi connectivity index (χ4n) is 3.09. The predicted octanol–water partition coefficient (Wildman–Crippen LogP) is 3.63. The van der Waals surface area contributed by atoms with E-state index in [-0.39, 0.29) is 29.8 Å². The van der Waals surface area contributed by atoms with Gasteiger partial charge in [0.05, 0.1) is 12.0 Å². The largest absolute Gasteiger partial charge is 0.354 e. The number of imidazole rings is 1. The van der Waals surface area contributed by atoms with E-state index in [1.165, 1.54) is 32.1 Å². The van der Waals surface area contributed by atoms with Gasteiger partial charge in [-0.05, 0) is 30.5 Å². The molecular weight excluding hydrogens is 432 g/mol. The standard InChI is InChI=1S/C18H24FN5.HI/c1-20-18(23-15-5-3-2-4-6-15)22-12-14-7-8-17(16(19)11-14)24-10-9-21-13-24;/h7-11,13,15H,2-6,12H2,1H3,(H2,20,22,23);1H. The molecule has 0 radical (unpaired) electrons. The van der Waals surface area contributed by atoms with Crippen LogP contribution in [0.15, 0.2) is 41.9 Å². The van der Waals surface area contributed by atoms with Gasteiger partial charge in [0.25, 0.3) is 0 Å². The zero-order valence-corrected chi connectivity index (χ0v) is 16.7. The summed E-state index contributed by atoms with van der Waals surface area (Å²) in [5.74, 6) is 0.517. The average molecular weight is 457 g/mol. The Balaban J connectivity index is 0.00000225. The number of nitrogens with zero attached hydrogens (tertiary/aromatic N) is 3. The molecule has 3 rings (SSSR count). The minimum Gasteiger partial charge on any atom is -0.354 e. The molecule has 1 aliphatic carbocycles. The Hall–Kier alpha value is -1.64. The van der Waals surface area contributed by atoms with Crippen molar-refractivity contribution in [3.63, 3.8) is 0 Å². The first-order chi connectivity index (χ1) is 11.8. The van der Waals surface area contributed by atoms with Crippen molar-refractivity contribution in [1.29, 1.82) is 0 Å². The van der Waals surface area contributed by atoms with E-state index in [0.717, 1.165) is 11.5 Å². The van der Waals surface area contributed by atoms with Crippen LogP contribution in [0.5, 0.6) is 0 Å². The van der Waals surface area contributed by atoms with Gasteiger partial charge in [0, 0.05) is 32.0 Å². The molecule has 0 saturated heterocycles. The van der Waals surface area contributed by atoms with Gasteiger partial charge in [0.1, 0.15) is 5.82 Å². The second kappa shape index (κ2) is 9.74. The summed E-state index contributed by atoms with van der Waals surface area (Å²) in [6.07, 6.45) is 11.2. The molecule has 25 heavy (non-hydrogen) atoms. The lowest BCUT2D eigenvalue weighted by Crippen LogP contribution is -2.43. The second-order valence-corrected chi connectivity index (χ2v) is 6.16. The summed E-state index contributed by atoms with van der Waals surface area (Å²) in [4.78, 5) is 8.21. The van der Waals surface area contributed by atoms with E-state index in [4.69, 9.17) is 0 Å². The van der Waals surface area contributed by atoms with Gasteiger partial charge in [-0.25, -0.2) is 9.37 Å². The Kier molecular flexibility index (Phi) is 7.67. The Labute approximate surface area is 165 Å². The summed E-state index contributed by atoms with van der Waals surface area (Å²) in [7, 11) is 1.76. The van der Waals surface area contributed by atoms with E-state index in [2.05, 4.69) is 20.6 Å². The highest BCUT2D eigenvalue weighted by molar-refractivity contribution is 14.0. The van der Waals surface area contributed by atoms with Crippen LogP contribution in [0.4, 0.5) is 4.39 Å². The number of hydrogen-bond donors (Lipinski definition) is 2. The minimum absolute atomic E-state index is 0. The van der Waals surface area contributed by atoms with E-state index in [0.29, 0.717) is 18.3 Å². The minimum atomic E-state index is -0.262. The third kappa shape index (κ3) is 5.42. The van der Waals surface area contributed by atoms with Gasteiger partial charge in [0.2, 0.25) is 0 Å². The third-order valence-electron chi connectivity index (χ3n) is 4.42. The van der Waals surface area contributed by atoms with Crippen LogP contribution in [-0.2, 0) is 6.54 Å². The van der Waals surface area contributed by atoms with E-state index in [9.17, 15) is 4.39 Å². The molecule has 1 saturated carbocycles. The van der Waals surface area contributed by atoms with E-state index in [1.54, 1.807) is 42.5 Å². The van der Waals surface area contributed by atoms with Crippen LogP contribution >= 0.6 is 24.0 Å². The number of benzene rings is 1. The van der Waals surface area contributed by atoms with Gasteiger partial charge in [-0.2, -0.15) is 0 Å². The Bertz CT molecular complexity index is 681. The van der Waals surface area contributed by atoms with Crippen molar-refractivity contribution in [1.82, 2.24) is 20.2 Å². The van der Waals surface area contributed by atoms with Crippen LogP contribution < -0.4 is 10.6 Å². The molecular formula is C18H25FIN5. The van der Waals surface area contributed by atoms with Crippen LogP contribution in [0.1, 0.15) is 37.7 Å². The number of nitrogens with one attached hydrogen (secondary N) is 2. The molecule has 1 aromatic carbocycles. The van der Waals surface area contributed by atoms with Crippen molar-refractivity contribution in [2.45, 2.75) is 44.7 Å². The topological polar surface area (TPSA) is 54.2 Å². The lowest BCUT2D eigenvalue weighted by atomic mass is 9.96. The van der Waals surface area contributed by atoms with Gasteiger partial charge in [-0.1, -0.05) is 25.3 Å². The summed E-state index contributed by atoms with van der Waals surface area (Å²) < 4.78 is 15.9. The second-order valence-electron chi connectivity index (χ2n) is 6.16. The SMILES string of the molecule is CN=C(NCc1ccc(-n2ccnc2)c(F)c1)NC1CCCCC1.I. The van der Waals surface area contributed by atoms with E-state index >= 15 is 0 Å². The number of halogens is 2. The van der Waals surface area contributed by atoms with Crippen LogP contribution in [0, 0.1) is 5.82 Å². The molecule has 0 unspecified atom stereocenters. The molecule has 1 heterocycles. The maximum Gasteiger partial charge on any atom is 0.191 e. The predicted molar refractivity (Wildman–Crippen MR) is 109 cm³/mol. The Morgan fingerprint density at radius 2 is 2.12 bits per heavy atom. The molecule has 1 fully saturated rings. The first-order valence-electron chi connectivity index (χ1n) is 8.50. The fraction of sp³-hybridized carbons (Fsp3) is 0.444. The van der Waals surface area contributed by atoms with Crippen LogP contribution in [0.2, 0.25) is 0 Å². The summed E-state index contributed by atoms with van der Waals surface area (Å²) in [5.41, 5.74) is 1.38. The molecule has 0 aliphatic heterocycles. The highest BCUT2D eigenvalue weighted by atomic mass is 127.